The van der Waals surface area contributed by atoms with Gasteiger partial charge < -0.3 is 0 Å². The summed E-state index contributed by atoms with van der Waals surface area (Å²) in [5.74, 6) is 3.51. The summed E-state index contributed by atoms with van der Waals surface area (Å²) in [4.78, 5) is 12.4. The molecule has 0 aromatic carbocycles. The Balaban J connectivity index is 2.65. The average molecular weight is 238 g/mol. The highest BCUT2D eigenvalue weighted by molar-refractivity contribution is 5.81. The van der Waals surface area contributed by atoms with Crippen LogP contribution in [0.3, 0.4) is 0 Å². The van der Waals surface area contributed by atoms with Crippen molar-refractivity contribution in [2.24, 2.45) is 29.6 Å². The maximum atomic E-state index is 12.4. The molecular formula is C16H30O. The van der Waals surface area contributed by atoms with Gasteiger partial charge in [-0.15, -0.1) is 0 Å². The third kappa shape index (κ3) is 4.12. The number of rotatable bonds is 5. The molecule has 17 heavy (non-hydrogen) atoms. The number of ketones is 1. The lowest BCUT2D eigenvalue weighted by atomic mass is 9.67. The number of hydrogen-bond donors (Lipinski definition) is 0. The number of carbonyl (C=O) groups excluding carboxylic acids is 1. The van der Waals surface area contributed by atoms with Gasteiger partial charge in [0.05, 0.1) is 0 Å². The van der Waals surface area contributed by atoms with Crippen LogP contribution in [0.25, 0.3) is 0 Å². The molecule has 1 rings (SSSR count). The molecule has 0 aromatic rings. The van der Waals surface area contributed by atoms with E-state index in [1.54, 1.807) is 0 Å². The van der Waals surface area contributed by atoms with E-state index in [4.69, 9.17) is 0 Å². The zero-order valence-corrected chi connectivity index (χ0v) is 12.3. The first-order valence-corrected chi connectivity index (χ1v) is 7.48. The summed E-state index contributed by atoms with van der Waals surface area (Å²) in [6.07, 6.45) is 5.64. The quantitative estimate of drug-likeness (QED) is 0.678. The van der Waals surface area contributed by atoms with Crippen molar-refractivity contribution in [3.8, 4) is 0 Å². The summed E-state index contributed by atoms with van der Waals surface area (Å²) in [5, 5.41) is 0. The van der Waals surface area contributed by atoms with Gasteiger partial charge in [0.2, 0.25) is 0 Å². The molecule has 0 radical (unpaired) electrons. The van der Waals surface area contributed by atoms with E-state index in [1.807, 2.05) is 0 Å². The summed E-state index contributed by atoms with van der Waals surface area (Å²) in [6.45, 7) is 11.3. The molecule has 0 bridgehead atoms. The van der Waals surface area contributed by atoms with Gasteiger partial charge in [-0.25, -0.2) is 0 Å². The third-order valence-electron chi connectivity index (χ3n) is 4.68. The molecule has 1 aliphatic carbocycles. The Labute approximate surface area is 107 Å². The third-order valence-corrected chi connectivity index (χ3v) is 4.68. The first-order valence-electron chi connectivity index (χ1n) is 7.48. The van der Waals surface area contributed by atoms with E-state index in [2.05, 4.69) is 34.6 Å². The Bertz CT molecular complexity index is 244. The number of carbonyl (C=O) groups is 1. The van der Waals surface area contributed by atoms with E-state index in [1.165, 1.54) is 12.8 Å². The molecule has 1 fully saturated rings. The maximum Gasteiger partial charge on any atom is 0.136 e. The lowest BCUT2D eigenvalue weighted by molar-refractivity contribution is -0.127. The Morgan fingerprint density at radius 1 is 1.24 bits per heavy atom. The lowest BCUT2D eigenvalue weighted by Crippen LogP contribution is -2.33. The van der Waals surface area contributed by atoms with Crippen molar-refractivity contribution >= 4 is 5.78 Å². The highest BCUT2D eigenvalue weighted by Gasteiger charge is 2.35. The molecule has 0 aliphatic heterocycles. The van der Waals surface area contributed by atoms with Gasteiger partial charge in [0.25, 0.3) is 0 Å². The molecule has 0 heterocycles. The molecule has 1 saturated carbocycles. The minimum absolute atomic E-state index is 0.354. The smallest absolute Gasteiger partial charge is 0.136 e. The second kappa shape index (κ2) is 6.56. The summed E-state index contributed by atoms with van der Waals surface area (Å²) >= 11 is 0. The average Bonchev–Trinajstić information content (AvgIpc) is 2.28. The summed E-state index contributed by atoms with van der Waals surface area (Å²) in [6, 6.07) is 0. The minimum atomic E-state index is 0.354. The Morgan fingerprint density at radius 3 is 2.41 bits per heavy atom. The van der Waals surface area contributed by atoms with Gasteiger partial charge in [0.1, 0.15) is 5.78 Å². The fourth-order valence-electron chi connectivity index (χ4n) is 3.21. The molecule has 0 N–H and O–H groups in total. The van der Waals surface area contributed by atoms with Gasteiger partial charge in [-0.05, 0) is 36.5 Å². The van der Waals surface area contributed by atoms with Crippen LogP contribution >= 0.6 is 0 Å². The van der Waals surface area contributed by atoms with E-state index in [-0.39, 0.29) is 0 Å². The molecule has 4 atom stereocenters. The lowest BCUT2D eigenvalue weighted by Gasteiger charge is -2.36. The van der Waals surface area contributed by atoms with Gasteiger partial charge in [0.15, 0.2) is 0 Å². The molecule has 4 unspecified atom stereocenters. The van der Waals surface area contributed by atoms with E-state index in [9.17, 15) is 4.79 Å². The Kier molecular flexibility index (Phi) is 5.69. The van der Waals surface area contributed by atoms with E-state index in [0.717, 1.165) is 25.2 Å². The van der Waals surface area contributed by atoms with Crippen LogP contribution in [0.2, 0.25) is 0 Å². The molecule has 1 heteroatoms. The van der Waals surface area contributed by atoms with Crippen LogP contribution in [-0.2, 0) is 4.79 Å². The number of hydrogen-bond acceptors (Lipinski definition) is 1. The second-order valence-electron chi connectivity index (χ2n) is 6.62. The highest BCUT2D eigenvalue weighted by Crippen LogP contribution is 2.39. The Hall–Kier alpha value is -0.330. The van der Waals surface area contributed by atoms with E-state index >= 15 is 0 Å². The van der Waals surface area contributed by atoms with Crippen LogP contribution in [0.1, 0.15) is 66.7 Å². The first kappa shape index (κ1) is 14.7. The van der Waals surface area contributed by atoms with Crippen molar-refractivity contribution in [2.45, 2.75) is 66.7 Å². The summed E-state index contributed by atoms with van der Waals surface area (Å²) in [5.41, 5.74) is 0. The maximum absolute atomic E-state index is 12.4. The predicted octanol–water partition coefficient (Wildman–Crippen LogP) is 4.70. The van der Waals surface area contributed by atoms with Crippen molar-refractivity contribution in [3.05, 3.63) is 0 Å². The molecule has 0 aromatic heterocycles. The standard InChI is InChI=1S/C16H30O/c1-6-12(4)10-16(17)15-9-13(5)7-8-14(15)11(2)3/h11-15H,6-10H2,1-5H3. The van der Waals surface area contributed by atoms with Crippen LogP contribution < -0.4 is 0 Å². The van der Waals surface area contributed by atoms with Gasteiger partial charge in [-0.3, -0.25) is 4.79 Å². The molecule has 100 valence electrons. The van der Waals surface area contributed by atoms with Gasteiger partial charge in [0, 0.05) is 12.3 Å². The van der Waals surface area contributed by atoms with Crippen LogP contribution in [0.4, 0.5) is 0 Å². The fraction of sp³-hybridized carbons (Fsp3) is 0.938. The van der Waals surface area contributed by atoms with Crippen molar-refractivity contribution in [1.29, 1.82) is 0 Å². The molecule has 0 saturated heterocycles. The van der Waals surface area contributed by atoms with Crippen LogP contribution in [0.5, 0.6) is 0 Å². The van der Waals surface area contributed by atoms with Crippen molar-refractivity contribution in [2.75, 3.05) is 0 Å². The monoisotopic (exact) mass is 238 g/mol. The SMILES string of the molecule is CCC(C)CC(=O)C1CC(C)CCC1C(C)C. The highest BCUT2D eigenvalue weighted by atomic mass is 16.1. The normalized spacial score (nSPS) is 31.5. The molecule has 0 amide bonds. The second-order valence-corrected chi connectivity index (χ2v) is 6.62. The van der Waals surface area contributed by atoms with Gasteiger partial charge in [-0.2, -0.15) is 0 Å². The zero-order valence-electron chi connectivity index (χ0n) is 12.3. The van der Waals surface area contributed by atoms with Crippen molar-refractivity contribution in [1.82, 2.24) is 0 Å². The molecule has 1 nitrogen and oxygen atoms in total. The minimum Gasteiger partial charge on any atom is -0.299 e. The molecule has 1 aliphatic rings. The Morgan fingerprint density at radius 2 is 1.88 bits per heavy atom. The fourth-order valence-corrected chi connectivity index (χ4v) is 3.21. The summed E-state index contributed by atoms with van der Waals surface area (Å²) < 4.78 is 0. The van der Waals surface area contributed by atoms with Crippen molar-refractivity contribution in [3.63, 3.8) is 0 Å². The van der Waals surface area contributed by atoms with Gasteiger partial charge in [-0.1, -0.05) is 47.5 Å². The van der Waals surface area contributed by atoms with Crippen LogP contribution in [-0.4, -0.2) is 5.78 Å². The molecule has 0 spiro atoms. The largest absolute Gasteiger partial charge is 0.299 e. The topological polar surface area (TPSA) is 17.1 Å². The molecular weight excluding hydrogens is 208 g/mol. The van der Waals surface area contributed by atoms with E-state index in [0.29, 0.717) is 29.5 Å². The van der Waals surface area contributed by atoms with E-state index < -0.39 is 0 Å². The van der Waals surface area contributed by atoms with Crippen LogP contribution in [0.15, 0.2) is 0 Å². The zero-order chi connectivity index (χ0) is 13.0. The summed E-state index contributed by atoms with van der Waals surface area (Å²) in [7, 11) is 0. The van der Waals surface area contributed by atoms with Crippen LogP contribution in [0, 0.1) is 29.6 Å². The van der Waals surface area contributed by atoms with Gasteiger partial charge >= 0.3 is 0 Å². The first-order chi connectivity index (χ1) is 7.95. The van der Waals surface area contributed by atoms with Crippen molar-refractivity contribution < 1.29 is 4.79 Å². The number of Topliss-reactive ketones (excluding diaryl/α,β-unsaturated/α-hetero) is 1. The predicted molar refractivity (Wildman–Crippen MR) is 73.9 cm³/mol.